The van der Waals surface area contributed by atoms with Crippen LogP contribution in [-0.4, -0.2) is 6.04 Å². The monoisotopic (exact) mass is 229 g/mol. The van der Waals surface area contributed by atoms with Crippen molar-refractivity contribution in [1.29, 1.82) is 0 Å². The van der Waals surface area contributed by atoms with E-state index in [-0.39, 0.29) is 16.9 Å². The Kier molecular flexibility index (Phi) is 4.55. The van der Waals surface area contributed by atoms with E-state index in [2.05, 4.69) is 13.8 Å². The summed E-state index contributed by atoms with van der Waals surface area (Å²) in [6.07, 6.45) is 1.72. The normalized spacial score (nSPS) is 13.2. The van der Waals surface area contributed by atoms with Crippen LogP contribution in [0.2, 0.25) is 5.02 Å². The smallest absolute Gasteiger partial charge is 0.141 e. The van der Waals surface area contributed by atoms with Crippen LogP contribution in [0.4, 0.5) is 4.39 Å². The number of halogens is 2. The SMILES string of the molecule is CC(C)CC(N)Cc1ccc(F)c(Cl)c1. The number of hydrogen-bond donors (Lipinski definition) is 1. The fourth-order valence-electron chi connectivity index (χ4n) is 1.66. The summed E-state index contributed by atoms with van der Waals surface area (Å²) < 4.78 is 12.9. The molecule has 3 heteroatoms. The molecule has 0 fully saturated rings. The van der Waals surface area contributed by atoms with Crippen molar-refractivity contribution in [3.63, 3.8) is 0 Å². The van der Waals surface area contributed by atoms with Crippen molar-refractivity contribution in [2.75, 3.05) is 0 Å². The van der Waals surface area contributed by atoms with Gasteiger partial charge >= 0.3 is 0 Å². The summed E-state index contributed by atoms with van der Waals surface area (Å²) in [6.45, 7) is 4.27. The van der Waals surface area contributed by atoms with E-state index in [4.69, 9.17) is 17.3 Å². The molecule has 0 saturated heterocycles. The van der Waals surface area contributed by atoms with Crippen LogP contribution in [0, 0.1) is 11.7 Å². The molecule has 2 N–H and O–H groups in total. The first kappa shape index (κ1) is 12.5. The molecule has 0 heterocycles. The fraction of sp³-hybridized carbons (Fsp3) is 0.500. The second kappa shape index (κ2) is 5.47. The Hall–Kier alpha value is -0.600. The molecule has 1 aromatic rings. The molecule has 0 aliphatic heterocycles. The van der Waals surface area contributed by atoms with E-state index in [0.29, 0.717) is 5.92 Å². The minimum Gasteiger partial charge on any atom is -0.327 e. The zero-order valence-electron chi connectivity index (χ0n) is 9.13. The maximum absolute atomic E-state index is 12.9. The summed E-state index contributed by atoms with van der Waals surface area (Å²) in [5.41, 5.74) is 6.95. The summed E-state index contributed by atoms with van der Waals surface area (Å²) in [5, 5.41) is 0.171. The van der Waals surface area contributed by atoms with Crippen molar-refractivity contribution in [1.82, 2.24) is 0 Å². The standard InChI is InChI=1S/C12H17ClFN/c1-8(2)5-10(15)6-9-3-4-12(14)11(13)7-9/h3-4,7-8,10H,5-6,15H2,1-2H3. The van der Waals surface area contributed by atoms with Crippen LogP contribution >= 0.6 is 11.6 Å². The topological polar surface area (TPSA) is 26.0 Å². The van der Waals surface area contributed by atoms with Gasteiger partial charge in [-0.2, -0.15) is 0 Å². The zero-order chi connectivity index (χ0) is 11.4. The predicted molar refractivity (Wildman–Crippen MR) is 62.5 cm³/mol. The molecule has 0 radical (unpaired) electrons. The van der Waals surface area contributed by atoms with E-state index in [9.17, 15) is 4.39 Å². The molecule has 1 unspecified atom stereocenters. The predicted octanol–water partition coefficient (Wildman–Crippen LogP) is 3.40. The molecule has 0 bridgehead atoms. The fourth-order valence-corrected chi connectivity index (χ4v) is 1.86. The van der Waals surface area contributed by atoms with Crippen molar-refractivity contribution >= 4 is 11.6 Å². The molecule has 1 nitrogen and oxygen atoms in total. The highest BCUT2D eigenvalue weighted by molar-refractivity contribution is 6.30. The highest BCUT2D eigenvalue weighted by Gasteiger charge is 2.08. The second-order valence-corrected chi connectivity index (χ2v) is 4.75. The molecule has 0 aliphatic rings. The average Bonchev–Trinajstić information content (AvgIpc) is 2.10. The summed E-state index contributed by atoms with van der Waals surface area (Å²) in [6, 6.07) is 4.89. The van der Waals surface area contributed by atoms with Gasteiger partial charge in [0.1, 0.15) is 5.82 Å². The van der Waals surface area contributed by atoms with Gasteiger partial charge in [-0.15, -0.1) is 0 Å². The second-order valence-electron chi connectivity index (χ2n) is 4.34. The van der Waals surface area contributed by atoms with Gasteiger partial charge in [0, 0.05) is 6.04 Å². The van der Waals surface area contributed by atoms with Gasteiger partial charge in [-0.25, -0.2) is 4.39 Å². The van der Waals surface area contributed by atoms with Gasteiger partial charge in [0.2, 0.25) is 0 Å². The Morgan fingerprint density at radius 3 is 2.60 bits per heavy atom. The van der Waals surface area contributed by atoms with Crippen LogP contribution in [0.5, 0.6) is 0 Å². The third-order valence-corrected chi connectivity index (χ3v) is 2.55. The van der Waals surface area contributed by atoms with E-state index >= 15 is 0 Å². The highest BCUT2D eigenvalue weighted by Crippen LogP contribution is 2.17. The number of hydrogen-bond acceptors (Lipinski definition) is 1. The lowest BCUT2D eigenvalue weighted by molar-refractivity contribution is 0.493. The molecule has 0 aromatic heterocycles. The molecule has 1 rings (SSSR count). The van der Waals surface area contributed by atoms with Crippen LogP contribution in [0.25, 0.3) is 0 Å². The van der Waals surface area contributed by atoms with Crippen molar-refractivity contribution in [2.24, 2.45) is 11.7 Å². The molecule has 0 saturated carbocycles. The van der Waals surface area contributed by atoms with Crippen LogP contribution < -0.4 is 5.73 Å². The largest absolute Gasteiger partial charge is 0.327 e. The third kappa shape index (κ3) is 4.18. The van der Waals surface area contributed by atoms with E-state index in [1.54, 1.807) is 12.1 Å². The third-order valence-electron chi connectivity index (χ3n) is 2.26. The Morgan fingerprint density at radius 1 is 1.40 bits per heavy atom. The van der Waals surface area contributed by atoms with Crippen molar-refractivity contribution in [2.45, 2.75) is 32.7 Å². The van der Waals surface area contributed by atoms with Gasteiger partial charge in [-0.05, 0) is 36.5 Å². The summed E-state index contributed by atoms with van der Waals surface area (Å²) >= 11 is 5.69. The molecule has 15 heavy (non-hydrogen) atoms. The van der Waals surface area contributed by atoms with Gasteiger partial charge in [0.25, 0.3) is 0 Å². The number of nitrogens with two attached hydrogens (primary N) is 1. The molecular formula is C12H17ClFN. The zero-order valence-corrected chi connectivity index (χ0v) is 9.89. The average molecular weight is 230 g/mol. The Balaban J connectivity index is 2.60. The minimum absolute atomic E-state index is 0.117. The van der Waals surface area contributed by atoms with E-state index in [0.717, 1.165) is 18.4 Å². The summed E-state index contributed by atoms with van der Waals surface area (Å²) in [7, 11) is 0. The lowest BCUT2D eigenvalue weighted by atomic mass is 9.98. The minimum atomic E-state index is -0.377. The van der Waals surface area contributed by atoms with Crippen LogP contribution in [0.15, 0.2) is 18.2 Å². The molecule has 0 spiro atoms. The van der Waals surface area contributed by atoms with E-state index in [1.165, 1.54) is 6.07 Å². The summed E-state index contributed by atoms with van der Waals surface area (Å²) in [4.78, 5) is 0. The van der Waals surface area contributed by atoms with Gasteiger partial charge in [-0.3, -0.25) is 0 Å². The molecule has 1 aromatic carbocycles. The van der Waals surface area contributed by atoms with Gasteiger partial charge in [-0.1, -0.05) is 31.5 Å². The first-order valence-electron chi connectivity index (χ1n) is 5.18. The molecule has 1 atom stereocenters. The van der Waals surface area contributed by atoms with Crippen molar-refractivity contribution in [3.8, 4) is 0 Å². The quantitative estimate of drug-likeness (QED) is 0.842. The Labute approximate surface area is 95.4 Å². The van der Waals surface area contributed by atoms with Gasteiger partial charge < -0.3 is 5.73 Å². The van der Waals surface area contributed by atoms with Crippen molar-refractivity contribution in [3.05, 3.63) is 34.6 Å². The maximum Gasteiger partial charge on any atom is 0.141 e. The van der Waals surface area contributed by atoms with E-state index in [1.807, 2.05) is 0 Å². The first-order chi connectivity index (χ1) is 6.99. The molecule has 84 valence electrons. The lowest BCUT2D eigenvalue weighted by Gasteiger charge is -2.14. The van der Waals surface area contributed by atoms with Crippen LogP contribution in [-0.2, 0) is 6.42 Å². The van der Waals surface area contributed by atoms with Gasteiger partial charge in [0.05, 0.1) is 5.02 Å². The Bertz CT molecular complexity index is 325. The highest BCUT2D eigenvalue weighted by atomic mass is 35.5. The lowest BCUT2D eigenvalue weighted by Crippen LogP contribution is -2.24. The number of benzene rings is 1. The maximum atomic E-state index is 12.9. The van der Waals surface area contributed by atoms with Crippen LogP contribution in [0.1, 0.15) is 25.8 Å². The molecule has 0 amide bonds. The molecule has 0 aliphatic carbocycles. The van der Waals surface area contributed by atoms with Crippen LogP contribution in [0.3, 0.4) is 0 Å². The van der Waals surface area contributed by atoms with E-state index < -0.39 is 0 Å². The Morgan fingerprint density at radius 2 is 2.07 bits per heavy atom. The summed E-state index contributed by atoms with van der Waals surface area (Å²) in [5.74, 6) is 0.203. The number of rotatable bonds is 4. The van der Waals surface area contributed by atoms with Gasteiger partial charge in [0.15, 0.2) is 0 Å². The molecular weight excluding hydrogens is 213 g/mol. The van der Waals surface area contributed by atoms with Crippen molar-refractivity contribution < 1.29 is 4.39 Å². The first-order valence-corrected chi connectivity index (χ1v) is 5.56.